The van der Waals surface area contributed by atoms with Crippen LogP contribution in [0.25, 0.3) is 0 Å². The van der Waals surface area contributed by atoms with E-state index < -0.39 is 11.9 Å². The summed E-state index contributed by atoms with van der Waals surface area (Å²) in [4.78, 5) is 21.0. The summed E-state index contributed by atoms with van der Waals surface area (Å²) in [6.45, 7) is 3.51. The van der Waals surface area contributed by atoms with Gasteiger partial charge in [0.25, 0.3) is 0 Å². The van der Waals surface area contributed by atoms with Gasteiger partial charge in [0, 0.05) is 37.5 Å². The molecule has 154 valence electrons. The molecule has 0 saturated carbocycles. The second-order valence-corrected chi connectivity index (χ2v) is 6.69. The Labute approximate surface area is 176 Å². The number of nitrogens with one attached hydrogen (secondary N) is 1. The summed E-state index contributed by atoms with van der Waals surface area (Å²) in [5.74, 6) is 0.243. The number of guanidine groups is 1. The van der Waals surface area contributed by atoms with E-state index in [-0.39, 0.29) is 48.6 Å². The molecule has 0 spiro atoms. The van der Waals surface area contributed by atoms with Gasteiger partial charge >= 0.3 is 12.3 Å². The smallest absolute Gasteiger partial charge is 0.434 e. The Morgan fingerprint density at radius 2 is 2.15 bits per heavy atom. The predicted molar refractivity (Wildman–Crippen MR) is 107 cm³/mol. The molecule has 0 unspecified atom stereocenters. The number of carbonyl (C=O) groups excluding carboxylic acids is 1. The van der Waals surface area contributed by atoms with Crippen molar-refractivity contribution in [1.29, 1.82) is 0 Å². The lowest BCUT2D eigenvalue weighted by molar-refractivity contribution is -0.140. The standard InChI is InChI=1S/C15H22F3N5O2S.HI/c1-2-25-14(24)23-7-4-10(5-8-23)21-13(19)20-6-3-12-22-11(9-26-12)15(16,17)18;/h9-10H,2-8H2,1H3,(H3,19,20,21);1H. The fourth-order valence-electron chi connectivity index (χ4n) is 2.50. The van der Waals surface area contributed by atoms with Gasteiger partial charge in [-0.05, 0) is 19.8 Å². The number of amides is 1. The molecule has 1 aliphatic heterocycles. The van der Waals surface area contributed by atoms with E-state index >= 15 is 0 Å². The van der Waals surface area contributed by atoms with Crippen LogP contribution in [0.4, 0.5) is 18.0 Å². The number of hydrogen-bond acceptors (Lipinski definition) is 5. The van der Waals surface area contributed by atoms with E-state index in [1.54, 1.807) is 11.8 Å². The van der Waals surface area contributed by atoms with Crippen LogP contribution in [0.5, 0.6) is 0 Å². The van der Waals surface area contributed by atoms with Crippen LogP contribution in [0, 0.1) is 0 Å². The van der Waals surface area contributed by atoms with Gasteiger partial charge in [0.2, 0.25) is 0 Å². The molecule has 0 bridgehead atoms. The van der Waals surface area contributed by atoms with E-state index in [4.69, 9.17) is 10.5 Å². The highest BCUT2D eigenvalue weighted by molar-refractivity contribution is 14.0. The van der Waals surface area contributed by atoms with Crippen molar-refractivity contribution in [3.63, 3.8) is 0 Å². The van der Waals surface area contributed by atoms with E-state index in [2.05, 4.69) is 15.3 Å². The molecule has 0 aromatic carbocycles. The van der Waals surface area contributed by atoms with Crippen LogP contribution in [0.2, 0.25) is 0 Å². The minimum Gasteiger partial charge on any atom is -0.450 e. The number of ether oxygens (including phenoxy) is 1. The van der Waals surface area contributed by atoms with Crippen molar-refractivity contribution in [3.8, 4) is 0 Å². The zero-order chi connectivity index (χ0) is 19.2. The molecule has 1 amide bonds. The molecular weight excluding hydrogens is 498 g/mol. The second kappa shape index (κ2) is 10.9. The number of piperidine rings is 1. The average Bonchev–Trinajstić information content (AvgIpc) is 3.05. The largest absolute Gasteiger partial charge is 0.450 e. The minimum atomic E-state index is -4.42. The van der Waals surface area contributed by atoms with Crippen molar-refractivity contribution in [3.05, 3.63) is 16.1 Å². The zero-order valence-corrected chi connectivity index (χ0v) is 17.9. The highest BCUT2D eigenvalue weighted by atomic mass is 127. The lowest BCUT2D eigenvalue weighted by Gasteiger charge is -2.31. The highest BCUT2D eigenvalue weighted by Crippen LogP contribution is 2.30. The van der Waals surface area contributed by atoms with Crippen LogP contribution >= 0.6 is 35.3 Å². The molecule has 12 heteroatoms. The molecule has 2 heterocycles. The predicted octanol–water partition coefficient (Wildman–Crippen LogP) is 2.85. The third kappa shape index (κ3) is 7.68. The maximum absolute atomic E-state index is 12.5. The van der Waals surface area contributed by atoms with Gasteiger partial charge in [-0.25, -0.2) is 9.78 Å². The number of halogens is 4. The van der Waals surface area contributed by atoms with Gasteiger partial charge in [-0.15, -0.1) is 35.3 Å². The van der Waals surface area contributed by atoms with Crippen LogP contribution in [0.15, 0.2) is 10.4 Å². The number of alkyl halides is 3. The third-order valence-corrected chi connectivity index (χ3v) is 4.73. The summed E-state index contributed by atoms with van der Waals surface area (Å²) in [7, 11) is 0. The van der Waals surface area contributed by atoms with Gasteiger partial charge in [0.1, 0.15) is 0 Å². The van der Waals surface area contributed by atoms with E-state index in [1.807, 2.05) is 0 Å². The first-order chi connectivity index (χ1) is 12.3. The van der Waals surface area contributed by atoms with Crippen LogP contribution in [0.1, 0.15) is 30.5 Å². The Balaban J connectivity index is 0.00000364. The maximum atomic E-state index is 12.5. The van der Waals surface area contributed by atoms with Crippen LogP contribution in [-0.2, 0) is 17.3 Å². The zero-order valence-electron chi connectivity index (χ0n) is 14.8. The number of aromatic nitrogens is 1. The second-order valence-electron chi connectivity index (χ2n) is 5.75. The van der Waals surface area contributed by atoms with E-state index in [1.165, 1.54) is 0 Å². The SMILES string of the molecule is CCOC(=O)N1CCC(NC(N)=NCCc2nc(C(F)(F)F)cs2)CC1.I. The van der Waals surface area contributed by atoms with Crippen LogP contribution in [-0.4, -0.2) is 54.2 Å². The lowest BCUT2D eigenvalue weighted by atomic mass is 10.1. The fourth-order valence-corrected chi connectivity index (χ4v) is 3.30. The summed E-state index contributed by atoms with van der Waals surface area (Å²) in [6, 6.07) is 0.0983. The summed E-state index contributed by atoms with van der Waals surface area (Å²) in [6.07, 6.45) is -3.00. The van der Waals surface area contributed by atoms with E-state index in [0.717, 1.165) is 29.6 Å². The Morgan fingerprint density at radius 3 is 2.70 bits per heavy atom. The highest BCUT2D eigenvalue weighted by Gasteiger charge is 2.33. The first-order valence-electron chi connectivity index (χ1n) is 8.29. The topological polar surface area (TPSA) is 92.8 Å². The van der Waals surface area contributed by atoms with Gasteiger partial charge in [0.15, 0.2) is 11.7 Å². The quantitative estimate of drug-likeness (QED) is 0.353. The maximum Gasteiger partial charge on any atom is 0.434 e. The molecule has 1 aromatic rings. The van der Waals surface area contributed by atoms with Crippen molar-refractivity contribution in [1.82, 2.24) is 15.2 Å². The summed E-state index contributed by atoms with van der Waals surface area (Å²) < 4.78 is 42.4. The molecule has 2 rings (SSSR count). The number of aliphatic imine (C=N–C) groups is 1. The number of thiazole rings is 1. The summed E-state index contributed by atoms with van der Waals surface area (Å²) in [5, 5.41) is 4.45. The minimum absolute atomic E-state index is 0. The molecule has 0 radical (unpaired) electrons. The Hall–Kier alpha value is -1.31. The van der Waals surface area contributed by atoms with Crippen LogP contribution < -0.4 is 11.1 Å². The molecule has 1 saturated heterocycles. The van der Waals surface area contributed by atoms with Crippen molar-refractivity contribution in [2.45, 2.75) is 38.4 Å². The Morgan fingerprint density at radius 1 is 1.48 bits per heavy atom. The fraction of sp³-hybridized carbons (Fsp3) is 0.667. The lowest BCUT2D eigenvalue weighted by Crippen LogP contribution is -2.48. The van der Waals surface area contributed by atoms with Crippen molar-refractivity contribution in [2.75, 3.05) is 26.2 Å². The normalized spacial score (nSPS) is 16.0. The first kappa shape index (κ1) is 23.7. The molecule has 1 aromatic heterocycles. The molecule has 1 fully saturated rings. The molecule has 1 aliphatic rings. The third-order valence-electron chi connectivity index (χ3n) is 3.82. The number of carbonyl (C=O) groups is 1. The number of rotatable bonds is 5. The van der Waals surface area contributed by atoms with E-state index in [0.29, 0.717) is 31.1 Å². The Bertz CT molecular complexity index is 633. The van der Waals surface area contributed by atoms with E-state index in [9.17, 15) is 18.0 Å². The number of nitrogens with two attached hydrogens (primary N) is 1. The first-order valence-corrected chi connectivity index (χ1v) is 9.17. The van der Waals surface area contributed by atoms with Crippen molar-refractivity contribution in [2.24, 2.45) is 10.7 Å². The average molecular weight is 521 g/mol. The molecule has 0 atom stereocenters. The van der Waals surface area contributed by atoms with Crippen LogP contribution in [0.3, 0.4) is 0 Å². The Kier molecular flexibility index (Phi) is 9.56. The molecule has 27 heavy (non-hydrogen) atoms. The van der Waals surface area contributed by atoms with Gasteiger partial charge < -0.3 is 20.7 Å². The van der Waals surface area contributed by atoms with Gasteiger partial charge in [-0.3, -0.25) is 4.99 Å². The molecule has 0 aliphatic carbocycles. The number of likely N-dealkylation sites (tertiary alicyclic amines) is 1. The summed E-state index contributed by atoms with van der Waals surface area (Å²) >= 11 is 0.960. The summed E-state index contributed by atoms with van der Waals surface area (Å²) in [5.41, 5.74) is 4.95. The van der Waals surface area contributed by atoms with Gasteiger partial charge in [-0.1, -0.05) is 0 Å². The molecule has 3 N–H and O–H groups in total. The van der Waals surface area contributed by atoms with Crippen molar-refractivity contribution >= 4 is 47.4 Å². The molecule has 7 nitrogen and oxygen atoms in total. The monoisotopic (exact) mass is 521 g/mol. The van der Waals surface area contributed by atoms with Crippen molar-refractivity contribution < 1.29 is 22.7 Å². The number of nitrogens with zero attached hydrogens (tertiary/aromatic N) is 3. The number of hydrogen-bond donors (Lipinski definition) is 2. The molecular formula is C15H23F3IN5O2S. The van der Waals surface area contributed by atoms with Gasteiger partial charge in [0.05, 0.1) is 11.6 Å². The van der Waals surface area contributed by atoms with Gasteiger partial charge in [-0.2, -0.15) is 13.2 Å².